The van der Waals surface area contributed by atoms with Crippen LogP contribution in [0.1, 0.15) is 26.0 Å². The lowest BCUT2D eigenvalue weighted by Gasteiger charge is -2.54. The molecule has 0 radical (unpaired) electrons. The Bertz CT molecular complexity index is 723. The minimum atomic E-state index is -0.0312. The quantitative estimate of drug-likeness (QED) is 0.868. The van der Waals surface area contributed by atoms with Crippen molar-refractivity contribution in [2.45, 2.75) is 32.4 Å². The van der Waals surface area contributed by atoms with Gasteiger partial charge in [-0.15, -0.1) is 0 Å². The molecule has 1 heterocycles. The third kappa shape index (κ3) is 2.85. The van der Waals surface area contributed by atoms with Crippen molar-refractivity contribution >= 4 is 5.95 Å². The van der Waals surface area contributed by atoms with Crippen LogP contribution in [0.3, 0.4) is 0 Å². The van der Waals surface area contributed by atoms with Crippen molar-refractivity contribution < 1.29 is 4.74 Å². The molecule has 1 aliphatic carbocycles. The normalized spacial score (nSPS) is 21.8. The summed E-state index contributed by atoms with van der Waals surface area (Å²) < 4.78 is 6.11. The van der Waals surface area contributed by atoms with E-state index in [0.717, 1.165) is 12.2 Å². The van der Waals surface area contributed by atoms with Gasteiger partial charge in [0.05, 0.1) is 0 Å². The van der Waals surface area contributed by atoms with Gasteiger partial charge in [-0.1, -0.05) is 32.0 Å². The number of ether oxygens (including phenoxy) is 1. The van der Waals surface area contributed by atoms with E-state index in [9.17, 15) is 0 Å². The molecule has 1 fully saturated rings. The second kappa shape index (κ2) is 5.88. The van der Waals surface area contributed by atoms with E-state index < -0.39 is 0 Å². The van der Waals surface area contributed by atoms with Gasteiger partial charge in [0, 0.05) is 31.1 Å². The first-order valence-electron chi connectivity index (χ1n) is 7.70. The number of nitrogens with zero attached hydrogens (tertiary/aromatic N) is 4. The molecule has 5 heteroatoms. The van der Waals surface area contributed by atoms with Crippen LogP contribution in [-0.4, -0.2) is 29.2 Å². The van der Waals surface area contributed by atoms with Crippen LogP contribution in [0.2, 0.25) is 0 Å². The Morgan fingerprint density at radius 1 is 1.26 bits per heavy atom. The summed E-state index contributed by atoms with van der Waals surface area (Å²) >= 11 is 0. The molecule has 0 spiro atoms. The highest BCUT2D eigenvalue weighted by Crippen LogP contribution is 2.46. The molecule has 0 saturated heterocycles. The van der Waals surface area contributed by atoms with E-state index in [2.05, 4.69) is 29.9 Å². The molecule has 1 aromatic carbocycles. The lowest BCUT2D eigenvalue weighted by atomic mass is 9.64. The third-order valence-electron chi connectivity index (χ3n) is 4.69. The fourth-order valence-electron chi connectivity index (χ4n) is 3.10. The molecule has 0 aliphatic heterocycles. The summed E-state index contributed by atoms with van der Waals surface area (Å²) in [5, 5.41) is 8.98. The fourth-order valence-corrected chi connectivity index (χ4v) is 3.10. The largest absolute Gasteiger partial charge is 0.490 e. The zero-order valence-electron chi connectivity index (χ0n) is 13.6. The molecule has 3 rings (SSSR count). The molecule has 2 unspecified atom stereocenters. The van der Waals surface area contributed by atoms with Crippen LogP contribution in [0.15, 0.2) is 42.6 Å². The van der Waals surface area contributed by atoms with E-state index in [0.29, 0.717) is 11.6 Å². The molecule has 23 heavy (non-hydrogen) atoms. The first-order chi connectivity index (χ1) is 11.0. The lowest BCUT2D eigenvalue weighted by molar-refractivity contribution is -0.0419. The second-order valence-electron chi connectivity index (χ2n) is 6.46. The van der Waals surface area contributed by atoms with Crippen molar-refractivity contribution in [3.05, 3.63) is 48.3 Å². The average Bonchev–Trinajstić information content (AvgIpc) is 2.58. The monoisotopic (exact) mass is 308 g/mol. The van der Waals surface area contributed by atoms with Crippen molar-refractivity contribution in [3.63, 3.8) is 0 Å². The van der Waals surface area contributed by atoms with Gasteiger partial charge < -0.3 is 9.64 Å². The molecular weight excluding hydrogens is 288 g/mol. The van der Waals surface area contributed by atoms with Gasteiger partial charge in [0.15, 0.2) is 0 Å². The molecule has 0 bridgehead atoms. The summed E-state index contributed by atoms with van der Waals surface area (Å²) in [6, 6.07) is 13.8. The second-order valence-corrected chi connectivity index (χ2v) is 6.46. The Balaban J connectivity index is 1.72. The lowest BCUT2D eigenvalue weighted by Crippen LogP contribution is -2.62. The standard InChI is InChI=1S/C18H20N4O/c1-18(2)15(11-16(18)23-14-7-5-4-6-8-14)22(3)17-20-10-9-13(12-19)21-17/h4-10,15-16H,11H2,1-3H3. The van der Waals surface area contributed by atoms with Crippen LogP contribution in [-0.2, 0) is 0 Å². The molecule has 1 aromatic heterocycles. The topological polar surface area (TPSA) is 62.0 Å². The molecule has 0 amide bonds. The number of aromatic nitrogens is 2. The highest BCUT2D eigenvalue weighted by molar-refractivity contribution is 5.37. The molecule has 0 N–H and O–H groups in total. The van der Waals surface area contributed by atoms with E-state index in [-0.39, 0.29) is 17.6 Å². The first kappa shape index (κ1) is 15.3. The van der Waals surface area contributed by atoms with Gasteiger partial charge in [-0.2, -0.15) is 5.26 Å². The Morgan fingerprint density at radius 3 is 2.65 bits per heavy atom. The van der Waals surface area contributed by atoms with Crippen molar-refractivity contribution in [1.82, 2.24) is 9.97 Å². The molecule has 2 aromatic rings. The molecular formula is C18H20N4O. The third-order valence-corrected chi connectivity index (χ3v) is 4.69. The Hall–Kier alpha value is -2.61. The Labute approximate surface area is 136 Å². The van der Waals surface area contributed by atoms with Crippen molar-refractivity contribution in [1.29, 1.82) is 5.26 Å². The van der Waals surface area contributed by atoms with E-state index in [1.807, 2.05) is 42.3 Å². The van der Waals surface area contributed by atoms with Crippen LogP contribution in [0.5, 0.6) is 5.75 Å². The van der Waals surface area contributed by atoms with Gasteiger partial charge in [0.1, 0.15) is 23.6 Å². The summed E-state index contributed by atoms with van der Waals surface area (Å²) in [6.07, 6.45) is 2.68. The van der Waals surface area contributed by atoms with Crippen LogP contribution in [0, 0.1) is 16.7 Å². The zero-order chi connectivity index (χ0) is 16.4. The van der Waals surface area contributed by atoms with Gasteiger partial charge >= 0.3 is 0 Å². The smallest absolute Gasteiger partial charge is 0.226 e. The maximum Gasteiger partial charge on any atom is 0.226 e. The van der Waals surface area contributed by atoms with Crippen molar-refractivity contribution in [2.75, 3.05) is 11.9 Å². The van der Waals surface area contributed by atoms with Gasteiger partial charge in [-0.25, -0.2) is 9.97 Å². The van der Waals surface area contributed by atoms with Crippen LogP contribution in [0.4, 0.5) is 5.95 Å². The van der Waals surface area contributed by atoms with Crippen LogP contribution in [0.25, 0.3) is 0 Å². The number of rotatable bonds is 4. The van der Waals surface area contributed by atoms with Gasteiger partial charge in [0.2, 0.25) is 5.95 Å². The number of anilines is 1. The van der Waals surface area contributed by atoms with Gasteiger partial charge in [-0.3, -0.25) is 0 Å². The summed E-state index contributed by atoms with van der Waals surface area (Å²) in [7, 11) is 1.97. The molecule has 1 aliphatic rings. The number of benzene rings is 1. The predicted octanol–water partition coefficient (Wildman–Crippen LogP) is 3.03. The minimum absolute atomic E-state index is 0.0312. The first-order valence-corrected chi connectivity index (χ1v) is 7.70. The minimum Gasteiger partial charge on any atom is -0.490 e. The van der Waals surface area contributed by atoms with Crippen molar-refractivity contribution in [3.8, 4) is 11.8 Å². The molecule has 2 atom stereocenters. The highest BCUT2D eigenvalue weighted by Gasteiger charge is 2.52. The van der Waals surface area contributed by atoms with Crippen molar-refractivity contribution in [2.24, 2.45) is 5.41 Å². The number of hydrogen-bond donors (Lipinski definition) is 0. The molecule has 1 saturated carbocycles. The van der Waals surface area contributed by atoms with E-state index in [1.165, 1.54) is 0 Å². The summed E-state index contributed by atoms with van der Waals surface area (Å²) in [6.45, 7) is 4.39. The van der Waals surface area contributed by atoms with E-state index >= 15 is 0 Å². The number of para-hydroxylation sites is 1. The summed E-state index contributed by atoms with van der Waals surface area (Å²) in [4.78, 5) is 10.6. The maximum atomic E-state index is 8.98. The molecule has 5 nitrogen and oxygen atoms in total. The van der Waals surface area contributed by atoms with Gasteiger partial charge in [0.25, 0.3) is 0 Å². The number of hydrogen-bond acceptors (Lipinski definition) is 5. The number of nitriles is 1. The molecule has 118 valence electrons. The highest BCUT2D eigenvalue weighted by atomic mass is 16.5. The van der Waals surface area contributed by atoms with Gasteiger partial charge in [-0.05, 0) is 18.2 Å². The van der Waals surface area contributed by atoms with E-state index in [4.69, 9.17) is 10.00 Å². The summed E-state index contributed by atoms with van der Waals surface area (Å²) in [5.74, 6) is 1.48. The summed E-state index contributed by atoms with van der Waals surface area (Å²) in [5.41, 5.74) is 0.354. The maximum absolute atomic E-state index is 8.98. The van der Waals surface area contributed by atoms with Crippen LogP contribution < -0.4 is 9.64 Å². The SMILES string of the molecule is CN(c1nccc(C#N)n1)C1CC(Oc2ccccc2)C1(C)C. The Morgan fingerprint density at radius 2 is 2.00 bits per heavy atom. The van der Waals surface area contributed by atoms with Crippen LogP contribution >= 0.6 is 0 Å². The average molecular weight is 308 g/mol. The fraction of sp³-hybridized carbons (Fsp3) is 0.389. The Kier molecular flexibility index (Phi) is 3.91. The predicted molar refractivity (Wildman–Crippen MR) is 88.2 cm³/mol. The van der Waals surface area contributed by atoms with E-state index in [1.54, 1.807) is 12.3 Å². The zero-order valence-corrected chi connectivity index (χ0v) is 13.6.